The summed E-state index contributed by atoms with van der Waals surface area (Å²) in [4.78, 5) is 20.9. The van der Waals surface area contributed by atoms with Crippen LogP contribution in [0.25, 0.3) is 0 Å². The molecule has 0 aliphatic carbocycles. The normalized spacial score (nSPS) is 9.93. The summed E-state index contributed by atoms with van der Waals surface area (Å²) in [5, 5.41) is 9.82. The van der Waals surface area contributed by atoms with Crippen LogP contribution < -0.4 is 0 Å². The number of carbonyl (C=O) groups is 1. The molecule has 0 N–H and O–H groups in total. The van der Waals surface area contributed by atoms with E-state index in [0.717, 1.165) is 0 Å². The second-order valence-electron chi connectivity index (χ2n) is 2.62. The topological polar surface area (TPSA) is 60.2 Å². The summed E-state index contributed by atoms with van der Waals surface area (Å²) in [7, 11) is 0. The van der Waals surface area contributed by atoms with E-state index in [2.05, 4.69) is 15.9 Å². The summed E-state index contributed by atoms with van der Waals surface area (Å²) in [5.41, 5.74) is 0.572. The third-order valence-corrected chi connectivity index (χ3v) is 2.71. The van der Waals surface area contributed by atoms with Crippen LogP contribution in [0.4, 0.5) is 5.69 Å². The number of nitrogens with zero attached hydrogens (tertiary/aromatic N) is 1. The fourth-order valence-electron chi connectivity index (χ4n) is 1.04. The Labute approximate surface area is 93.1 Å². The Bertz CT molecular complexity index is 419. The zero-order valence-corrected chi connectivity index (χ0v) is 9.42. The van der Waals surface area contributed by atoms with Crippen molar-refractivity contribution in [2.75, 3.05) is 0 Å². The van der Waals surface area contributed by atoms with Crippen molar-refractivity contribution in [1.82, 2.24) is 0 Å². The first-order valence-electron chi connectivity index (χ1n) is 3.58. The Morgan fingerprint density at radius 1 is 1.57 bits per heavy atom. The van der Waals surface area contributed by atoms with Crippen molar-refractivity contribution in [3.05, 3.63) is 37.8 Å². The molecular formula is C8H5BrClNO3. The molecule has 6 heteroatoms. The molecule has 1 aromatic rings. The minimum atomic E-state index is -0.710. The van der Waals surface area contributed by atoms with Crippen LogP contribution in [-0.4, -0.2) is 10.2 Å². The number of hydrogen-bond donors (Lipinski definition) is 0. The highest BCUT2D eigenvalue weighted by Gasteiger charge is 2.20. The molecule has 0 atom stereocenters. The highest BCUT2D eigenvalue weighted by molar-refractivity contribution is 9.10. The van der Waals surface area contributed by atoms with E-state index < -0.39 is 10.2 Å². The van der Waals surface area contributed by atoms with Gasteiger partial charge < -0.3 is 0 Å². The maximum Gasteiger partial charge on any atom is 0.284 e. The minimum Gasteiger partial charge on any atom is -0.276 e. The first-order valence-corrected chi connectivity index (χ1v) is 4.75. The van der Waals surface area contributed by atoms with Crippen LogP contribution in [0.1, 0.15) is 15.9 Å². The molecule has 0 saturated carbocycles. The van der Waals surface area contributed by atoms with Crippen LogP contribution in [0.15, 0.2) is 16.6 Å². The molecule has 0 aliphatic heterocycles. The summed E-state index contributed by atoms with van der Waals surface area (Å²) in [6.45, 7) is 1.66. The molecule has 0 saturated heterocycles. The lowest BCUT2D eigenvalue weighted by atomic mass is 10.1. The summed E-state index contributed by atoms with van der Waals surface area (Å²) in [5.74, 6) is 0. The van der Waals surface area contributed by atoms with Gasteiger partial charge in [-0.25, -0.2) is 0 Å². The highest BCUT2D eigenvalue weighted by Crippen LogP contribution is 2.31. The van der Waals surface area contributed by atoms with Crippen molar-refractivity contribution in [2.45, 2.75) is 6.92 Å². The third kappa shape index (κ3) is 1.93. The SMILES string of the molecule is Cc1ccc([N+](=O)[O-])c(Br)c1C(=O)Cl. The number of carbonyl (C=O) groups excluding carboxylic acids is 1. The zero-order chi connectivity index (χ0) is 10.9. The van der Waals surface area contributed by atoms with Gasteiger partial charge in [-0.2, -0.15) is 0 Å². The first kappa shape index (κ1) is 11.1. The Balaban J connectivity index is 3.49. The van der Waals surface area contributed by atoms with E-state index >= 15 is 0 Å². The molecule has 1 rings (SSSR count). The number of aryl methyl sites for hydroxylation is 1. The largest absolute Gasteiger partial charge is 0.284 e. The molecule has 0 spiro atoms. The Kier molecular flexibility index (Phi) is 3.23. The van der Waals surface area contributed by atoms with E-state index in [-0.39, 0.29) is 15.7 Å². The van der Waals surface area contributed by atoms with Gasteiger partial charge >= 0.3 is 0 Å². The summed E-state index contributed by atoms with van der Waals surface area (Å²) < 4.78 is 0.127. The number of nitro groups is 1. The van der Waals surface area contributed by atoms with Crippen molar-refractivity contribution >= 4 is 38.5 Å². The number of hydrogen-bond acceptors (Lipinski definition) is 3. The van der Waals surface area contributed by atoms with E-state index in [9.17, 15) is 14.9 Å². The predicted molar refractivity (Wildman–Crippen MR) is 55.7 cm³/mol. The number of halogens is 2. The Morgan fingerprint density at radius 3 is 2.57 bits per heavy atom. The van der Waals surface area contributed by atoms with Gasteiger partial charge in [0.25, 0.3) is 10.9 Å². The second-order valence-corrected chi connectivity index (χ2v) is 3.76. The standard InChI is InChI=1S/C8H5BrClNO3/c1-4-2-3-5(11(13)14)7(9)6(4)8(10)12/h2-3H,1H3. The van der Waals surface area contributed by atoms with E-state index in [4.69, 9.17) is 11.6 Å². The smallest absolute Gasteiger partial charge is 0.276 e. The second kappa shape index (κ2) is 4.06. The number of nitro benzene ring substituents is 1. The molecular weight excluding hydrogens is 273 g/mol. The molecule has 74 valence electrons. The summed E-state index contributed by atoms with van der Waals surface area (Å²) in [6, 6.07) is 2.81. The average molecular weight is 278 g/mol. The zero-order valence-electron chi connectivity index (χ0n) is 7.08. The van der Waals surface area contributed by atoms with Gasteiger partial charge in [0.15, 0.2) is 0 Å². The Hall–Kier alpha value is -0.940. The maximum atomic E-state index is 11.0. The third-order valence-electron chi connectivity index (χ3n) is 1.72. The summed E-state index contributed by atoms with van der Waals surface area (Å²) in [6.07, 6.45) is 0. The Morgan fingerprint density at radius 2 is 2.14 bits per heavy atom. The van der Waals surface area contributed by atoms with Crippen molar-refractivity contribution in [2.24, 2.45) is 0 Å². The van der Waals surface area contributed by atoms with Crippen LogP contribution >= 0.6 is 27.5 Å². The van der Waals surface area contributed by atoms with Gasteiger partial charge in [-0.1, -0.05) is 6.07 Å². The predicted octanol–water partition coefficient (Wildman–Crippen LogP) is 3.04. The van der Waals surface area contributed by atoms with E-state index in [0.29, 0.717) is 5.56 Å². The summed E-state index contributed by atoms with van der Waals surface area (Å²) >= 11 is 8.29. The molecule has 0 aromatic heterocycles. The quantitative estimate of drug-likeness (QED) is 0.474. The van der Waals surface area contributed by atoms with Crippen molar-refractivity contribution in [3.63, 3.8) is 0 Å². The molecule has 14 heavy (non-hydrogen) atoms. The van der Waals surface area contributed by atoms with Crippen molar-refractivity contribution in [3.8, 4) is 0 Å². The van der Waals surface area contributed by atoms with Crippen molar-refractivity contribution < 1.29 is 9.72 Å². The fraction of sp³-hybridized carbons (Fsp3) is 0.125. The minimum absolute atomic E-state index is 0.127. The van der Waals surface area contributed by atoms with E-state index in [1.807, 2.05) is 0 Å². The van der Waals surface area contributed by atoms with E-state index in [1.54, 1.807) is 6.92 Å². The fourth-order valence-corrected chi connectivity index (χ4v) is 2.17. The van der Waals surface area contributed by atoms with Crippen LogP contribution in [-0.2, 0) is 0 Å². The average Bonchev–Trinajstić information content (AvgIpc) is 2.02. The monoisotopic (exact) mass is 277 g/mol. The molecule has 0 bridgehead atoms. The van der Waals surface area contributed by atoms with Gasteiger partial charge in [-0.3, -0.25) is 14.9 Å². The van der Waals surface area contributed by atoms with Crippen LogP contribution in [0.5, 0.6) is 0 Å². The molecule has 1 aromatic carbocycles. The highest BCUT2D eigenvalue weighted by atomic mass is 79.9. The molecule has 0 radical (unpaired) electrons. The lowest BCUT2D eigenvalue weighted by Crippen LogP contribution is -1.99. The van der Waals surface area contributed by atoms with Crippen LogP contribution in [0, 0.1) is 17.0 Å². The number of rotatable bonds is 2. The van der Waals surface area contributed by atoms with E-state index in [1.165, 1.54) is 12.1 Å². The van der Waals surface area contributed by atoms with Crippen LogP contribution in [0.3, 0.4) is 0 Å². The first-order chi connectivity index (χ1) is 6.45. The molecule has 4 nitrogen and oxygen atoms in total. The lowest BCUT2D eigenvalue weighted by molar-refractivity contribution is -0.385. The van der Waals surface area contributed by atoms with Crippen molar-refractivity contribution in [1.29, 1.82) is 0 Å². The molecule has 0 amide bonds. The van der Waals surface area contributed by atoms with Gasteiger partial charge in [0, 0.05) is 6.07 Å². The molecule has 0 unspecified atom stereocenters. The number of benzene rings is 1. The van der Waals surface area contributed by atoms with Gasteiger partial charge in [-0.05, 0) is 40.0 Å². The molecule has 0 heterocycles. The van der Waals surface area contributed by atoms with Gasteiger partial charge in [-0.15, -0.1) is 0 Å². The van der Waals surface area contributed by atoms with Gasteiger partial charge in [0.2, 0.25) is 0 Å². The van der Waals surface area contributed by atoms with Crippen LogP contribution in [0.2, 0.25) is 0 Å². The molecule has 0 aliphatic rings. The lowest BCUT2D eigenvalue weighted by Gasteiger charge is -2.03. The maximum absolute atomic E-state index is 11.0. The van der Waals surface area contributed by atoms with Gasteiger partial charge in [0.05, 0.1) is 10.5 Å². The molecule has 0 fully saturated rings. The van der Waals surface area contributed by atoms with Gasteiger partial charge in [0.1, 0.15) is 4.47 Å².